The SMILES string of the molecule is CON(C)C(=O)c1ccc(NC(=O)/C=C/c2ccc(SC(F)(F)F)cc2)cc1. The quantitative estimate of drug-likeness (QED) is 0.430. The van der Waals surface area contributed by atoms with Crippen LogP contribution in [-0.4, -0.2) is 36.5 Å². The lowest BCUT2D eigenvalue weighted by Gasteiger charge is -2.13. The molecule has 0 bridgehead atoms. The number of alkyl halides is 3. The standard InChI is InChI=1S/C19H17F3N2O3S/c1-24(27-2)18(26)14-6-8-15(9-7-14)23-17(25)12-5-13-3-10-16(11-4-13)28-19(20,21)22/h3-12H,1-2H3,(H,23,25)/b12-5+. The highest BCUT2D eigenvalue weighted by Gasteiger charge is 2.28. The van der Waals surface area contributed by atoms with Gasteiger partial charge in [-0.1, -0.05) is 12.1 Å². The van der Waals surface area contributed by atoms with Gasteiger partial charge in [-0.15, -0.1) is 0 Å². The maximum Gasteiger partial charge on any atom is 0.446 e. The molecule has 0 radical (unpaired) electrons. The van der Waals surface area contributed by atoms with Crippen LogP contribution in [0.1, 0.15) is 15.9 Å². The van der Waals surface area contributed by atoms with Crippen molar-refractivity contribution in [1.82, 2.24) is 5.06 Å². The van der Waals surface area contributed by atoms with E-state index in [9.17, 15) is 22.8 Å². The Labute approximate surface area is 164 Å². The zero-order valence-electron chi connectivity index (χ0n) is 15.0. The molecule has 148 valence electrons. The number of benzene rings is 2. The molecule has 9 heteroatoms. The average Bonchev–Trinajstić information content (AvgIpc) is 2.65. The minimum absolute atomic E-state index is 0.0721. The average molecular weight is 410 g/mol. The van der Waals surface area contributed by atoms with E-state index in [1.165, 1.54) is 50.6 Å². The van der Waals surface area contributed by atoms with Gasteiger partial charge in [-0.2, -0.15) is 13.2 Å². The molecular formula is C19H17F3N2O3S. The molecule has 2 aromatic rings. The summed E-state index contributed by atoms with van der Waals surface area (Å²) >= 11 is -0.196. The zero-order chi connectivity index (χ0) is 20.7. The summed E-state index contributed by atoms with van der Waals surface area (Å²) < 4.78 is 36.9. The van der Waals surface area contributed by atoms with E-state index in [2.05, 4.69) is 5.32 Å². The van der Waals surface area contributed by atoms with Gasteiger partial charge in [-0.05, 0) is 59.8 Å². The highest BCUT2D eigenvalue weighted by atomic mass is 32.2. The van der Waals surface area contributed by atoms with Gasteiger partial charge in [-0.3, -0.25) is 14.4 Å². The summed E-state index contributed by atoms with van der Waals surface area (Å²) in [4.78, 5) is 28.8. The van der Waals surface area contributed by atoms with Crippen molar-refractivity contribution in [3.63, 3.8) is 0 Å². The van der Waals surface area contributed by atoms with E-state index in [0.717, 1.165) is 5.06 Å². The first kappa shape index (κ1) is 21.5. The van der Waals surface area contributed by atoms with Gasteiger partial charge < -0.3 is 5.32 Å². The van der Waals surface area contributed by atoms with Crippen LogP contribution in [0.4, 0.5) is 18.9 Å². The lowest BCUT2D eigenvalue weighted by Crippen LogP contribution is -2.25. The molecule has 0 aliphatic heterocycles. The topological polar surface area (TPSA) is 58.6 Å². The van der Waals surface area contributed by atoms with Gasteiger partial charge in [-0.25, -0.2) is 5.06 Å². The number of hydroxylamine groups is 2. The Balaban J connectivity index is 1.93. The smallest absolute Gasteiger partial charge is 0.323 e. The van der Waals surface area contributed by atoms with Crippen LogP contribution < -0.4 is 5.32 Å². The molecule has 0 fully saturated rings. The van der Waals surface area contributed by atoms with Crippen molar-refractivity contribution >= 4 is 35.3 Å². The highest BCUT2D eigenvalue weighted by molar-refractivity contribution is 8.00. The molecule has 0 unspecified atom stereocenters. The number of hydrogen-bond donors (Lipinski definition) is 1. The van der Waals surface area contributed by atoms with Crippen molar-refractivity contribution in [2.75, 3.05) is 19.5 Å². The van der Waals surface area contributed by atoms with E-state index in [1.54, 1.807) is 24.3 Å². The summed E-state index contributed by atoms with van der Waals surface area (Å²) in [6.07, 6.45) is 2.76. The third kappa shape index (κ3) is 6.75. The molecule has 0 heterocycles. The number of amides is 2. The van der Waals surface area contributed by atoms with Crippen LogP contribution in [0.15, 0.2) is 59.5 Å². The van der Waals surface area contributed by atoms with Gasteiger partial charge in [0.1, 0.15) is 0 Å². The van der Waals surface area contributed by atoms with Gasteiger partial charge in [0.2, 0.25) is 5.91 Å². The van der Waals surface area contributed by atoms with Crippen molar-refractivity contribution in [2.45, 2.75) is 10.4 Å². The number of nitrogens with one attached hydrogen (secondary N) is 1. The fourth-order valence-corrected chi connectivity index (χ4v) is 2.64. The third-order valence-corrected chi connectivity index (χ3v) is 4.24. The molecule has 0 saturated heterocycles. The number of carbonyl (C=O) groups excluding carboxylic acids is 2. The van der Waals surface area contributed by atoms with Crippen molar-refractivity contribution in [3.05, 3.63) is 65.7 Å². The molecule has 2 aromatic carbocycles. The van der Waals surface area contributed by atoms with Crippen LogP contribution in [-0.2, 0) is 9.63 Å². The van der Waals surface area contributed by atoms with Gasteiger partial charge in [0.05, 0.1) is 7.11 Å². The number of anilines is 1. The molecule has 0 aliphatic carbocycles. The maximum absolute atomic E-state index is 12.3. The van der Waals surface area contributed by atoms with Crippen molar-refractivity contribution in [3.8, 4) is 0 Å². The first-order chi connectivity index (χ1) is 13.2. The molecule has 0 atom stereocenters. The first-order valence-electron chi connectivity index (χ1n) is 7.95. The summed E-state index contributed by atoms with van der Waals surface area (Å²) in [5.74, 6) is -0.741. The lowest BCUT2D eigenvalue weighted by atomic mass is 10.2. The van der Waals surface area contributed by atoms with E-state index in [-0.39, 0.29) is 22.6 Å². The van der Waals surface area contributed by atoms with E-state index in [0.29, 0.717) is 16.8 Å². The van der Waals surface area contributed by atoms with E-state index in [4.69, 9.17) is 4.84 Å². The Morgan fingerprint density at radius 3 is 2.21 bits per heavy atom. The van der Waals surface area contributed by atoms with Crippen LogP contribution in [0.2, 0.25) is 0 Å². The first-order valence-corrected chi connectivity index (χ1v) is 8.77. The van der Waals surface area contributed by atoms with Crippen molar-refractivity contribution in [2.24, 2.45) is 0 Å². The van der Waals surface area contributed by atoms with Crippen molar-refractivity contribution < 1.29 is 27.6 Å². The number of rotatable bonds is 6. The Morgan fingerprint density at radius 1 is 1.07 bits per heavy atom. The second-order valence-corrected chi connectivity index (χ2v) is 6.64. The molecule has 5 nitrogen and oxygen atoms in total. The predicted molar refractivity (Wildman–Crippen MR) is 102 cm³/mol. The summed E-state index contributed by atoms with van der Waals surface area (Å²) in [6, 6.07) is 11.9. The third-order valence-electron chi connectivity index (χ3n) is 3.50. The molecule has 2 amide bonds. The Kier molecular flexibility index (Phi) is 7.24. The van der Waals surface area contributed by atoms with E-state index in [1.807, 2.05) is 0 Å². The molecule has 1 N–H and O–H groups in total. The monoisotopic (exact) mass is 410 g/mol. The summed E-state index contributed by atoms with van der Waals surface area (Å²) in [5.41, 5.74) is -2.86. The van der Waals surface area contributed by atoms with Gasteiger partial charge in [0.15, 0.2) is 0 Å². The summed E-state index contributed by atoms with van der Waals surface area (Å²) in [6.45, 7) is 0. The fraction of sp³-hybridized carbons (Fsp3) is 0.158. The highest BCUT2D eigenvalue weighted by Crippen LogP contribution is 2.36. The van der Waals surface area contributed by atoms with Gasteiger partial charge >= 0.3 is 5.51 Å². The molecule has 0 saturated carbocycles. The van der Waals surface area contributed by atoms with E-state index < -0.39 is 11.4 Å². The van der Waals surface area contributed by atoms with Crippen molar-refractivity contribution in [1.29, 1.82) is 0 Å². The van der Waals surface area contributed by atoms with Crippen LogP contribution in [0.3, 0.4) is 0 Å². The van der Waals surface area contributed by atoms with E-state index >= 15 is 0 Å². The molecule has 2 rings (SSSR count). The second kappa shape index (κ2) is 9.43. The largest absolute Gasteiger partial charge is 0.446 e. The second-order valence-electron chi connectivity index (χ2n) is 5.50. The Morgan fingerprint density at radius 2 is 1.68 bits per heavy atom. The number of halogens is 3. The maximum atomic E-state index is 12.3. The molecule has 0 aromatic heterocycles. The van der Waals surface area contributed by atoms with Crippen LogP contribution in [0.25, 0.3) is 6.08 Å². The molecule has 0 spiro atoms. The molecule has 0 aliphatic rings. The molecular weight excluding hydrogens is 393 g/mol. The summed E-state index contributed by atoms with van der Waals surface area (Å²) in [7, 11) is 2.86. The van der Waals surface area contributed by atoms with Gasteiger partial charge in [0, 0.05) is 29.3 Å². The number of hydrogen-bond acceptors (Lipinski definition) is 4. The number of thioether (sulfide) groups is 1. The van der Waals surface area contributed by atoms with Gasteiger partial charge in [0.25, 0.3) is 5.91 Å². The predicted octanol–water partition coefficient (Wildman–Crippen LogP) is 4.58. The zero-order valence-corrected chi connectivity index (χ0v) is 15.8. The minimum atomic E-state index is -4.34. The van der Waals surface area contributed by atoms with Crippen LogP contribution in [0, 0.1) is 0 Å². The van der Waals surface area contributed by atoms with Crippen LogP contribution in [0.5, 0.6) is 0 Å². The van der Waals surface area contributed by atoms with Crippen LogP contribution >= 0.6 is 11.8 Å². The minimum Gasteiger partial charge on any atom is -0.323 e. The Hall–Kier alpha value is -2.78. The fourth-order valence-electron chi connectivity index (χ4n) is 2.10. The summed E-state index contributed by atoms with van der Waals surface area (Å²) in [5, 5.41) is 3.71. The normalized spacial score (nSPS) is 11.5. The Bertz CT molecular complexity index is 850. The number of nitrogens with zero attached hydrogens (tertiary/aromatic N) is 1. The lowest BCUT2D eigenvalue weighted by molar-refractivity contribution is -0.111. The molecule has 28 heavy (non-hydrogen) atoms. The number of carbonyl (C=O) groups is 2.